The molecule has 0 atom stereocenters. The summed E-state index contributed by atoms with van der Waals surface area (Å²) in [6.45, 7) is 0. The maximum atomic E-state index is 6.58. The van der Waals surface area contributed by atoms with Crippen molar-refractivity contribution in [2.75, 3.05) is 0 Å². The summed E-state index contributed by atoms with van der Waals surface area (Å²) >= 11 is 0. The van der Waals surface area contributed by atoms with Crippen molar-refractivity contribution in [1.29, 1.82) is 0 Å². The summed E-state index contributed by atoms with van der Waals surface area (Å²) in [7, 11) is 0. The fraction of sp³-hybridized carbons (Fsp3) is 0. The van der Waals surface area contributed by atoms with Gasteiger partial charge in [-0.15, -0.1) is 0 Å². The fourth-order valence-corrected chi connectivity index (χ4v) is 18.4. The lowest BCUT2D eigenvalue weighted by Crippen LogP contribution is -1.86. The van der Waals surface area contributed by atoms with Crippen molar-refractivity contribution >= 4 is 131 Å². The summed E-state index contributed by atoms with van der Waals surface area (Å²) in [5, 5.41) is 18.0. The second-order valence-electron chi connectivity index (χ2n) is 31.5. The molecule has 0 N–H and O–H groups in total. The first-order valence-corrected chi connectivity index (χ1v) is 42.5. The summed E-state index contributed by atoms with van der Waals surface area (Å²) in [6.07, 6.45) is 25.7. The number of nitrogens with zero attached hydrogens (tertiary/aromatic N) is 8. The number of rotatable bonds is 10. The van der Waals surface area contributed by atoms with Crippen LogP contribution in [0.25, 0.3) is 242 Å². The average Bonchev–Trinajstić information content (AvgIpc) is 1.59. The lowest BCUT2D eigenvalue weighted by Gasteiger charge is -2.10. The minimum absolute atomic E-state index is 0.867. The quantitative estimate of drug-likeness (QED) is 0.128. The monoisotopic (exact) mass is 1640 g/mol. The van der Waals surface area contributed by atoms with E-state index in [2.05, 4.69) is 276 Å². The summed E-state index contributed by atoms with van der Waals surface area (Å²) < 4.78 is 25.7. The zero-order valence-electron chi connectivity index (χ0n) is 68.8. The van der Waals surface area contributed by atoms with Crippen LogP contribution in [-0.2, 0) is 0 Å². The Morgan fingerprint density at radius 1 is 0.148 bits per heavy atom. The molecule has 600 valence electrons. The third kappa shape index (κ3) is 13.7. The van der Waals surface area contributed by atoms with E-state index in [0.717, 1.165) is 204 Å². The summed E-state index contributed by atoms with van der Waals surface area (Å²) in [5.41, 5.74) is 29.7. The SMILES string of the molecule is c1cc(-c2ccc(-c3ccncc3)cc2)c2c(c1)oc1c3ccccc3c(-c3ccc(-c4ccncc4)cc3)cc12.c1cc(-c2ccncc2)c2c(c1)oc1c3ccccc3c(-c3ccncc3)cc12.c1ccc(-c2cc3c(oc4cccc(-c5ccccn5)c43)c3ccccc23)nc1.c1cncc(-c2cc3c(oc4cccc(-c5cccnc5)c43)c3ccccc23)c1. The van der Waals surface area contributed by atoms with E-state index < -0.39 is 0 Å². The zero-order valence-corrected chi connectivity index (χ0v) is 68.8. The Morgan fingerprint density at radius 3 is 0.773 bits per heavy atom. The highest BCUT2D eigenvalue weighted by Crippen LogP contribution is 2.49. The molecule has 12 heteroatoms. The van der Waals surface area contributed by atoms with E-state index in [1.807, 2.05) is 190 Å². The van der Waals surface area contributed by atoms with Crippen LogP contribution in [0.5, 0.6) is 0 Å². The van der Waals surface area contributed by atoms with Gasteiger partial charge in [0.1, 0.15) is 44.7 Å². The van der Waals surface area contributed by atoms with Gasteiger partial charge >= 0.3 is 0 Å². The standard InChI is InChI=1S/C38H24N2O.3C26H16N2O/c1-2-5-33-32(4-1)34(30-14-10-26(11-15-30)28-18-22-40-23-19-28)24-35-37-31(6-3-7-36(37)41-38(33)35)29-12-8-25(9-13-29)27-16-20-39-21-17-27;1-2-9-21-20(8-1)22(18-7-5-13-28-16-18)14-23-25-19(17-6-4-12-27-15-17)10-3-11-24(25)29-26(21)23;1-2-9-18-17(8-1)20(23-12-4-6-15-28-23)16-21-25-19(22-11-3-5-14-27-22)10-7-13-24(25)29-26(18)21;1-2-5-21-20(4-1)22(18-10-14-28-15-11-18)16-23-25-19(17-8-12-27-13-9-17)6-3-7-24(25)29-26(21)23/h1-24H;3*1-16H. The van der Waals surface area contributed by atoms with E-state index in [0.29, 0.717) is 0 Å². The third-order valence-corrected chi connectivity index (χ3v) is 24.2. The van der Waals surface area contributed by atoms with Crippen LogP contribution >= 0.6 is 0 Å². The van der Waals surface area contributed by atoms with Crippen LogP contribution in [0.2, 0.25) is 0 Å². The van der Waals surface area contributed by atoms with Gasteiger partial charge in [-0.05, 0) is 233 Å². The lowest BCUT2D eigenvalue weighted by molar-refractivity contribution is 0.672. The van der Waals surface area contributed by atoms with Crippen molar-refractivity contribution in [3.05, 3.63) is 439 Å². The largest absolute Gasteiger partial charge is 0.455 e. The molecule has 26 rings (SSSR count). The number of aromatic nitrogens is 8. The Morgan fingerprint density at radius 2 is 0.414 bits per heavy atom. The predicted octanol–water partition coefficient (Wildman–Crippen LogP) is 30.8. The topological polar surface area (TPSA) is 156 Å². The van der Waals surface area contributed by atoms with Crippen molar-refractivity contribution in [1.82, 2.24) is 39.9 Å². The Bertz CT molecular complexity index is 8090. The summed E-state index contributed by atoms with van der Waals surface area (Å²) in [5.74, 6) is 0. The van der Waals surface area contributed by atoms with E-state index in [1.165, 1.54) is 38.6 Å². The average molecular weight is 1640 g/mol. The van der Waals surface area contributed by atoms with Gasteiger partial charge in [-0.25, -0.2) is 0 Å². The highest BCUT2D eigenvalue weighted by atomic mass is 16.3. The first kappa shape index (κ1) is 75.5. The van der Waals surface area contributed by atoms with Crippen molar-refractivity contribution in [2.45, 2.75) is 0 Å². The van der Waals surface area contributed by atoms with Crippen LogP contribution in [-0.4, -0.2) is 39.9 Å². The molecule has 26 aromatic rings. The smallest absolute Gasteiger partial charge is 0.143 e. The Balaban J connectivity index is 0.0000000989. The second kappa shape index (κ2) is 32.7. The first-order chi connectivity index (χ1) is 63.5. The van der Waals surface area contributed by atoms with Crippen LogP contribution in [0.1, 0.15) is 0 Å². The van der Waals surface area contributed by atoms with Gasteiger partial charge in [-0.3, -0.25) is 39.9 Å². The Hall–Kier alpha value is -17.5. The molecular formula is C116H72N8O4. The third-order valence-electron chi connectivity index (χ3n) is 24.2. The summed E-state index contributed by atoms with van der Waals surface area (Å²) in [4.78, 5) is 34.5. The van der Waals surface area contributed by atoms with Crippen molar-refractivity contribution in [3.63, 3.8) is 0 Å². The Labute approximate surface area is 733 Å². The molecule has 12 nitrogen and oxygen atoms in total. The molecule has 12 heterocycles. The molecule has 0 spiro atoms. The van der Waals surface area contributed by atoms with E-state index >= 15 is 0 Å². The lowest BCUT2D eigenvalue weighted by atomic mass is 9.92. The molecule has 0 aliphatic heterocycles. The molecule has 128 heavy (non-hydrogen) atoms. The van der Waals surface area contributed by atoms with Crippen molar-refractivity contribution in [3.8, 4) is 112 Å². The molecule has 0 saturated carbocycles. The van der Waals surface area contributed by atoms with E-state index in [-0.39, 0.29) is 0 Å². The minimum Gasteiger partial charge on any atom is -0.455 e. The van der Waals surface area contributed by atoms with Crippen molar-refractivity contribution < 1.29 is 17.7 Å². The maximum Gasteiger partial charge on any atom is 0.143 e. The van der Waals surface area contributed by atoms with Gasteiger partial charge in [0, 0.05) is 174 Å². The van der Waals surface area contributed by atoms with Crippen LogP contribution in [0.4, 0.5) is 0 Å². The van der Waals surface area contributed by atoms with Gasteiger partial charge in [0.25, 0.3) is 0 Å². The molecule has 0 amide bonds. The zero-order chi connectivity index (χ0) is 84.8. The van der Waals surface area contributed by atoms with Crippen LogP contribution in [0, 0.1) is 0 Å². The van der Waals surface area contributed by atoms with Gasteiger partial charge in [-0.1, -0.05) is 218 Å². The maximum absolute atomic E-state index is 6.58. The molecule has 0 unspecified atom stereocenters. The number of benzene rings is 14. The van der Waals surface area contributed by atoms with Gasteiger partial charge in [0.05, 0.1) is 11.4 Å². The van der Waals surface area contributed by atoms with Gasteiger partial charge in [-0.2, -0.15) is 0 Å². The van der Waals surface area contributed by atoms with Gasteiger partial charge in [0.15, 0.2) is 0 Å². The van der Waals surface area contributed by atoms with Crippen LogP contribution in [0.15, 0.2) is 456 Å². The minimum atomic E-state index is 0.867. The number of hydrogen-bond donors (Lipinski definition) is 0. The number of pyridine rings is 8. The molecule has 0 aliphatic carbocycles. The van der Waals surface area contributed by atoms with E-state index in [9.17, 15) is 0 Å². The van der Waals surface area contributed by atoms with Crippen molar-refractivity contribution in [2.24, 2.45) is 0 Å². The normalized spacial score (nSPS) is 11.4. The van der Waals surface area contributed by atoms with E-state index in [1.54, 1.807) is 12.4 Å². The molecule has 0 bridgehead atoms. The Kier molecular flexibility index (Phi) is 19.3. The van der Waals surface area contributed by atoms with Crippen LogP contribution in [0.3, 0.4) is 0 Å². The second-order valence-corrected chi connectivity index (χ2v) is 31.5. The van der Waals surface area contributed by atoms with Crippen LogP contribution < -0.4 is 0 Å². The predicted molar refractivity (Wildman–Crippen MR) is 522 cm³/mol. The molecular weight excluding hydrogens is 1570 g/mol. The van der Waals surface area contributed by atoms with Gasteiger partial charge in [0.2, 0.25) is 0 Å². The number of hydrogen-bond acceptors (Lipinski definition) is 12. The molecule has 0 aliphatic rings. The molecule has 0 radical (unpaired) electrons. The van der Waals surface area contributed by atoms with Gasteiger partial charge < -0.3 is 17.7 Å². The molecule has 12 aromatic heterocycles. The molecule has 0 fully saturated rings. The fourth-order valence-electron chi connectivity index (χ4n) is 18.4. The molecule has 0 saturated heterocycles. The van der Waals surface area contributed by atoms with E-state index in [4.69, 9.17) is 17.7 Å². The highest BCUT2D eigenvalue weighted by molar-refractivity contribution is 6.26. The summed E-state index contributed by atoms with van der Waals surface area (Å²) in [6, 6.07) is 122. The first-order valence-electron chi connectivity index (χ1n) is 42.5. The number of furan rings is 4. The molecule has 14 aromatic carbocycles. The highest BCUT2D eigenvalue weighted by Gasteiger charge is 2.24. The number of fused-ring (bicyclic) bond motifs is 20.